The quantitative estimate of drug-likeness (QED) is 0.714. The van der Waals surface area contributed by atoms with Gasteiger partial charge in [0.05, 0.1) is 19.3 Å². The Kier molecular flexibility index (Phi) is 2.81. The van der Waals surface area contributed by atoms with Gasteiger partial charge < -0.3 is 5.11 Å². The highest BCUT2D eigenvalue weighted by atomic mass is 16.7. The van der Waals surface area contributed by atoms with Gasteiger partial charge in [-0.1, -0.05) is 0 Å². The molecular weight excluding hydrogens is 182 g/mol. The molecule has 1 fully saturated rings. The van der Waals surface area contributed by atoms with Gasteiger partial charge in [0.15, 0.2) is 0 Å². The van der Waals surface area contributed by atoms with Gasteiger partial charge in [0.1, 0.15) is 0 Å². The van der Waals surface area contributed by atoms with Crippen molar-refractivity contribution in [2.24, 2.45) is 7.05 Å². The van der Waals surface area contributed by atoms with Gasteiger partial charge >= 0.3 is 0 Å². The van der Waals surface area contributed by atoms with Crippen LogP contribution in [0, 0.1) is 0 Å². The highest BCUT2D eigenvalue weighted by Gasteiger charge is 2.20. The van der Waals surface area contributed by atoms with E-state index < -0.39 is 0 Å². The lowest BCUT2D eigenvalue weighted by molar-refractivity contribution is -0.109. The predicted octanol–water partition coefficient (Wildman–Crippen LogP) is -0.429. The summed E-state index contributed by atoms with van der Waals surface area (Å²) in [5.41, 5.74) is 1.18. The van der Waals surface area contributed by atoms with E-state index in [-0.39, 0.29) is 6.10 Å². The second kappa shape index (κ2) is 4.08. The van der Waals surface area contributed by atoms with Crippen molar-refractivity contribution in [1.29, 1.82) is 0 Å². The molecule has 0 aliphatic carbocycles. The third kappa shape index (κ3) is 2.12. The van der Waals surface area contributed by atoms with Crippen molar-refractivity contribution in [1.82, 2.24) is 14.8 Å². The lowest BCUT2D eigenvalue weighted by Gasteiger charge is -2.12. The number of aryl methyl sites for hydroxylation is 1. The van der Waals surface area contributed by atoms with Crippen molar-refractivity contribution in [2.45, 2.75) is 12.5 Å². The summed E-state index contributed by atoms with van der Waals surface area (Å²) in [6.45, 7) is 1.83. The molecule has 14 heavy (non-hydrogen) atoms. The second-order valence-corrected chi connectivity index (χ2v) is 3.53. The zero-order valence-corrected chi connectivity index (χ0v) is 8.26. The predicted molar refractivity (Wildman–Crippen MR) is 50.4 cm³/mol. The van der Waals surface area contributed by atoms with Crippen molar-refractivity contribution in [3.63, 3.8) is 0 Å². The smallest absolute Gasteiger partial charge is 0.0958 e. The Hall–Kier alpha value is -0.910. The monoisotopic (exact) mass is 197 g/mol. The molecule has 0 saturated carbocycles. The van der Waals surface area contributed by atoms with E-state index in [2.05, 4.69) is 5.10 Å². The highest BCUT2D eigenvalue weighted by molar-refractivity contribution is 5.00. The normalized spacial score (nSPS) is 23.1. The number of hydroxylamine groups is 2. The maximum Gasteiger partial charge on any atom is 0.0958 e. The molecule has 1 N–H and O–H groups in total. The van der Waals surface area contributed by atoms with E-state index in [0.717, 1.165) is 13.0 Å². The van der Waals surface area contributed by atoms with E-state index in [0.29, 0.717) is 13.2 Å². The van der Waals surface area contributed by atoms with Crippen LogP contribution in [0.3, 0.4) is 0 Å². The van der Waals surface area contributed by atoms with E-state index in [1.165, 1.54) is 5.69 Å². The fourth-order valence-electron chi connectivity index (χ4n) is 1.57. The van der Waals surface area contributed by atoms with Gasteiger partial charge in [-0.05, 0) is 6.07 Å². The summed E-state index contributed by atoms with van der Waals surface area (Å²) in [6, 6.07) is 1.99. The van der Waals surface area contributed by atoms with Crippen molar-refractivity contribution >= 4 is 0 Å². The molecule has 2 rings (SSSR count). The molecule has 0 aromatic carbocycles. The van der Waals surface area contributed by atoms with Crippen molar-refractivity contribution < 1.29 is 9.94 Å². The lowest BCUT2D eigenvalue weighted by atomic mass is 10.3. The van der Waals surface area contributed by atoms with Gasteiger partial charge in [-0.2, -0.15) is 10.2 Å². The Morgan fingerprint density at radius 2 is 2.57 bits per heavy atom. The van der Waals surface area contributed by atoms with E-state index >= 15 is 0 Å². The van der Waals surface area contributed by atoms with Gasteiger partial charge in [-0.3, -0.25) is 9.52 Å². The number of rotatable bonds is 3. The van der Waals surface area contributed by atoms with Gasteiger partial charge in [0, 0.05) is 31.9 Å². The van der Waals surface area contributed by atoms with Crippen LogP contribution in [0.4, 0.5) is 0 Å². The summed E-state index contributed by atoms with van der Waals surface area (Å²) in [5.74, 6) is 0. The first-order chi connectivity index (χ1) is 6.75. The molecule has 0 amide bonds. The largest absolute Gasteiger partial charge is 0.389 e. The minimum absolute atomic E-state index is 0.332. The molecular formula is C9H15N3O2. The van der Waals surface area contributed by atoms with Crippen LogP contribution >= 0.6 is 0 Å². The number of hydrogen-bond acceptors (Lipinski definition) is 4. The van der Waals surface area contributed by atoms with Crippen LogP contribution < -0.4 is 0 Å². The number of aromatic nitrogens is 2. The number of nitrogens with zero attached hydrogens (tertiary/aromatic N) is 3. The molecule has 1 aromatic rings. The number of β-amino-alcohol motifs (C(OH)–C–C–N with tert-alkyl or cyclic N) is 1. The minimum atomic E-state index is -0.332. The van der Waals surface area contributed by atoms with Crippen LogP contribution in [0.5, 0.6) is 0 Å². The van der Waals surface area contributed by atoms with Gasteiger partial charge in [0.25, 0.3) is 0 Å². The van der Waals surface area contributed by atoms with Crippen molar-refractivity contribution in [3.8, 4) is 0 Å². The first-order valence-electron chi connectivity index (χ1n) is 4.78. The van der Waals surface area contributed by atoms with Crippen LogP contribution in [-0.4, -0.2) is 45.8 Å². The second-order valence-electron chi connectivity index (χ2n) is 3.53. The van der Waals surface area contributed by atoms with Crippen molar-refractivity contribution in [2.75, 3.05) is 19.7 Å². The van der Waals surface area contributed by atoms with Crippen LogP contribution in [0.2, 0.25) is 0 Å². The Bertz CT molecular complexity index is 300. The summed E-state index contributed by atoms with van der Waals surface area (Å²) in [4.78, 5) is 5.26. The first-order valence-corrected chi connectivity index (χ1v) is 4.78. The van der Waals surface area contributed by atoms with Gasteiger partial charge in [0.2, 0.25) is 0 Å². The maximum atomic E-state index is 9.23. The summed E-state index contributed by atoms with van der Waals surface area (Å²) < 4.78 is 1.85. The van der Waals surface area contributed by atoms with E-state index in [1.807, 2.05) is 17.8 Å². The number of aliphatic hydroxyl groups excluding tert-OH is 1. The average Bonchev–Trinajstić information content (AvgIpc) is 2.72. The molecule has 0 bridgehead atoms. The molecule has 2 heterocycles. The van der Waals surface area contributed by atoms with Gasteiger partial charge in [-0.25, -0.2) is 0 Å². The third-order valence-electron chi connectivity index (χ3n) is 2.40. The minimum Gasteiger partial charge on any atom is -0.389 e. The van der Waals surface area contributed by atoms with Crippen LogP contribution in [0.25, 0.3) is 0 Å². The average molecular weight is 197 g/mol. The van der Waals surface area contributed by atoms with E-state index in [1.54, 1.807) is 11.3 Å². The van der Waals surface area contributed by atoms with Gasteiger partial charge in [-0.15, -0.1) is 0 Å². The molecule has 1 aromatic heterocycles. The molecule has 0 unspecified atom stereocenters. The Balaban J connectivity index is 1.80. The molecule has 1 atom stereocenters. The summed E-state index contributed by atoms with van der Waals surface area (Å²) in [7, 11) is 1.93. The third-order valence-corrected chi connectivity index (χ3v) is 2.40. The fraction of sp³-hybridized carbons (Fsp3) is 0.667. The first kappa shape index (κ1) is 9.64. The number of hydrogen-bond donors (Lipinski definition) is 1. The topological polar surface area (TPSA) is 50.5 Å². The molecule has 1 aliphatic heterocycles. The Morgan fingerprint density at radius 1 is 1.71 bits per heavy atom. The zero-order chi connectivity index (χ0) is 9.97. The lowest BCUT2D eigenvalue weighted by Crippen LogP contribution is -2.24. The Morgan fingerprint density at radius 3 is 3.14 bits per heavy atom. The molecule has 0 radical (unpaired) electrons. The van der Waals surface area contributed by atoms with Crippen LogP contribution in [-0.2, 0) is 18.3 Å². The maximum absolute atomic E-state index is 9.23. The molecule has 1 saturated heterocycles. The molecule has 0 spiro atoms. The zero-order valence-electron chi connectivity index (χ0n) is 8.26. The molecule has 5 nitrogen and oxygen atoms in total. The van der Waals surface area contributed by atoms with Crippen LogP contribution in [0.15, 0.2) is 12.3 Å². The molecule has 78 valence electrons. The fourth-order valence-corrected chi connectivity index (χ4v) is 1.57. The Labute approximate surface area is 82.8 Å². The molecule has 5 heteroatoms. The summed E-state index contributed by atoms with van der Waals surface area (Å²) >= 11 is 0. The SMILES string of the molecule is Cn1nccc1CCN1C[C@H](O)CO1. The summed E-state index contributed by atoms with van der Waals surface area (Å²) in [6.07, 6.45) is 2.35. The van der Waals surface area contributed by atoms with E-state index in [4.69, 9.17) is 4.84 Å². The standard InChI is InChI=1S/C9H15N3O2/c1-11-8(2-4-10-11)3-5-12-6-9(13)7-14-12/h2,4,9,13H,3,5-7H2,1H3/t9-/m0/s1. The molecule has 1 aliphatic rings. The van der Waals surface area contributed by atoms with E-state index in [9.17, 15) is 5.11 Å². The number of aliphatic hydroxyl groups is 1. The summed E-state index contributed by atoms with van der Waals surface area (Å²) in [5, 5.41) is 15.1. The van der Waals surface area contributed by atoms with Crippen LogP contribution in [0.1, 0.15) is 5.69 Å². The van der Waals surface area contributed by atoms with Crippen molar-refractivity contribution in [3.05, 3.63) is 18.0 Å². The highest BCUT2D eigenvalue weighted by Crippen LogP contribution is 2.07.